The molecule has 0 radical (unpaired) electrons. The molecule has 3 N–H and O–H groups in total. The normalized spacial score (nSPS) is 17.9. The molecular weight excluding hydrogens is 430 g/mol. The van der Waals surface area contributed by atoms with Crippen molar-refractivity contribution in [1.29, 1.82) is 0 Å². The molecule has 0 amide bonds. The number of nitrogens with two attached hydrogens (primary N) is 1. The van der Waals surface area contributed by atoms with Crippen LogP contribution in [0.2, 0.25) is 0 Å². The first-order chi connectivity index (χ1) is 16.4. The van der Waals surface area contributed by atoms with Crippen LogP contribution >= 0.6 is 0 Å². The number of morpholine rings is 1. The lowest BCUT2D eigenvalue weighted by atomic mass is 10.1. The quantitative estimate of drug-likeness (QED) is 0.379. The number of rotatable bonds is 7. The fourth-order valence-corrected chi connectivity index (χ4v) is 4.24. The summed E-state index contributed by atoms with van der Waals surface area (Å²) in [6, 6.07) is 13.2. The molecule has 0 unspecified atom stereocenters. The molecule has 178 valence electrons. The lowest BCUT2D eigenvalue weighted by molar-refractivity contribution is -0.00524. The Labute approximate surface area is 200 Å². The maximum Gasteiger partial charge on any atom is 0.243 e. The number of carbonyl (C=O) groups is 1. The predicted octanol–water partition coefficient (Wildman–Crippen LogP) is 4.89. The van der Waals surface area contributed by atoms with Gasteiger partial charge in [-0.25, -0.2) is 4.98 Å². The van der Waals surface area contributed by atoms with E-state index in [1.165, 1.54) is 5.69 Å². The number of benzene rings is 2. The Hall–Kier alpha value is -3.65. The summed E-state index contributed by atoms with van der Waals surface area (Å²) in [4.78, 5) is 23.2. The van der Waals surface area contributed by atoms with Crippen molar-refractivity contribution in [3.63, 3.8) is 0 Å². The Morgan fingerprint density at radius 3 is 2.59 bits per heavy atom. The Bertz CT molecular complexity index is 1170. The Morgan fingerprint density at radius 2 is 1.94 bits per heavy atom. The van der Waals surface area contributed by atoms with Gasteiger partial charge in [-0.3, -0.25) is 4.79 Å². The van der Waals surface area contributed by atoms with E-state index in [1.54, 1.807) is 18.2 Å². The van der Waals surface area contributed by atoms with Crippen molar-refractivity contribution < 1.29 is 14.3 Å². The average molecular weight is 462 g/mol. The number of hydrogen-bond acceptors (Lipinski definition) is 8. The van der Waals surface area contributed by atoms with Crippen LogP contribution in [0.25, 0.3) is 0 Å². The van der Waals surface area contributed by atoms with Crippen LogP contribution in [0.5, 0.6) is 11.6 Å². The molecule has 1 saturated heterocycles. The largest absolute Gasteiger partial charge is 0.437 e. The van der Waals surface area contributed by atoms with E-state index in [0.717, 1.165) is 24.3 Å². The summed E-state index contributed by atoms with van der Waals surface area (Å²) >= 11 is 0. The van der Waals surface area contributed by atoms with Crippen LogP contribution in [0.3, 0.4) is 0 Å². The second-order valence-electron chi connectivity index (χ2n) is 8.64. The van der Waals surface area contributed by atoms with Crippen molar-refractivity contribution in [3.8, 4) is 11.6 Å². The standard InChI is InChI=1S/C26H31N5O3/c1-5-22-26(34-21-8-6-7-19(27)12-21)30-25(23(15-32)29-22)28-20-9-10-24(16(2)11-20)31-13-17(3)33-18(4)14-31/h6-12,15,17-18H,5,13-14,27H2,1-4H3,(H,28,30)/t17-,18+. The van der Waals surface area contributed by atoms with Gasteiger partial charge in [0, 0.05) is 36.2 Å². The van der Waals surface area contributed by atoms with Gasteiger partial charge in [-0.1, -0.05) is 13.0 Å². The summed E-state index contributed by atoms with van der Waals surface area (Å²) in [6.07, 6.45) is 1.63. The number of nitrogens with one attached hydrogen (secondary N) is 1. The number of ether oxygens (including phenoxy) is 2. The number of aldehydes is 1. The molecule has 1 aliphatic rings. The zero-order chi connectivity index (χ0) is 24.2. The van der Waals surface area contributed by atoms with E-state index in [4.69, 9.17) is 15.2 Å². The Kier molecular flexibility index (Phi) is 6.98. The van der Waals surface area contributed by atoms with Crippen LogP contribution in [0.4, 0.5) is 22.9 Å². The van der Waals surface area contributed by atoms with Crippen molar-refractivity contribution in [2.75, 3.05) is 29.0 Å². The lowest BCUT2D eigenvalue weighted by Gasteiger charge is -2.37. The van der Waals surface area contributed by atoms with E-state index in [2.05, 4.69) is 47.0 Å². The summed E-state index contributed by atoms with van der Waals surface area (Å²) in [5, 5.41) is 3.25. The van der Waals surface area contributed by atoms with Crippen molar-refractivity contribution in [2.45, 2.75) is 46.3 Å². The summed E-state index contributed by atoms with van der Waals surface area (Å²) in [6.45, 7) is 9.90. The highest BCUT2D eigenvalue weighted by molar-refractivity contribution is 5.82. The van der Waals surface area contributed by atoms with Crippen molar-refractivity contribution >= 4 is 29.2 Å². The third kappa shape index (κ3) is 5.28. The first kappa shape index (κ1) is 23.5. The van der Waals surface area contributed by atoms with Crippen LogP contribution in [0.1, 0.15) is 42.5 Å². The number of carbonyl (C=O) groups excluding carboxylic acids is 1. The molecule has 34 heavy (non-hydrogen) atoms. The number of hydrogen-bond donors (Lipinski definition) is 2. The minimum absolute atomic E-state index is 0.182. The summed E-state index contributed by atoms with van der Waals surface area (Å²) in [7, 11) is 0. The van der Waals surface area contributed by atoms with Gasteiger partial charge < -0.3 is 25.4 Å². The molecule has 0 aliphatic carbocycles. The van der Waals surface area contributed by atoms with Gasteiger partial charge in [0.1, 0.15) is 17.1 Å². The molecule has 2 atom stereocenters. The molecule has 1 aliphatic heterocycles. The smallest absolute Gasteiger partial charge is 0.243 e. The lowest BCUT2D eigenvalue weighted by Crippen LogP contribution is -2.45. The first-order valence-electron chi connectivity index (χ1n) is 11.5. The molecule has 8 heteroatoms. The SMILES string of the molecule is CCc1nc(C=O)c(Nc2ccc(N3C[C@@H](C)O[C@@H](C)C3)c(C)c2)nc1Oc1cccc(N)c1. The number of anilines is 4. The maximum absolute atomic E-state index is 11.8. The number of aromatic nitrogens is 2. The highest BCUT2D eigenvalue weighted by atomic mass is 16.5. The summed E-state index contributed by atoms with van der Waals surface area (Å²) in [5.41, 5.74) is 10.4. The van der Waals surface area contributed by atoms with Gasteiger partial charge in [-0.15, -0.1) is 0 Å². The van der Waals surface area contributed by atoms with E-state index in [0.29, 0.717) is 41.5 Å². The Morgan fingerprint density at radius 1 is 1.18 bits per heavy atom. The molecule has 0 bridgehead atoms. The van der Waals surface area contributed by atoms with E-state index < -0.39 is 0 Å². The first-order valence-corrected chi connectivity index (χ1v) is 11.5. The maximum atomic E-state index is 11.8. The molecular formula is C26H31N5O3. The monoisotopic (exact) mass is 461 g/mol. The van der Waals surface area contributed by atoms with Gasteiger partial charge >= 0.3 is 0 Å². The minimum atomic E-state index is 0.182. The van der Waals surface area contributed by atoms with E-state index in [-0.39, 0.29) is 17.9 Å². The molecule has 1 aromatic heterocycles. The summed E-state index contributed by atoms with van der Waals surface area (Å²) < 4.78 is 11.8. The highest BCUT2D eigenvalue weighted by Gasteiger charge is 2.23. The van der Waals surface area contributed by atoms with Crippen molar-refractivity contribution in [2.24, 2.45) is 0 Å². The van der Waals surface area contributed by atoms with Crippen LogP contribution in [0, 0.1) is 6.92 Å². The van der Waals surface area contributed by atoms with Crippen LogP contribution in [0.15, 0.2) is 42.5 Å². The van der Waals surface area contributed by atoms with Crippen molar-refractivity contribution in [1.82, 2.24) is 9.97 Å². The fourth-order valence-electron chi connectivity index (χ4n) is 4.24. The molecule has 2 heterocycles. The van der Waals surface area contributed by atoms with E-state index in [9.17, 15) is 4.79 Å². The second kappa shape index (κ2) is 10.1. The minimum Gasteiger partial charge on any atom is -0.437 e. The molecule has 0 spiro atoms. The molecule has 2 aromatic carbocycles. The van der Waals surface area contributed by atoms with Gasteiger partial charge in [0.15, 0.2) is 12.1 Å². The van der Waals surface area contributed by atoms with Gasteiger partial charge in [0.2, 0.25) is 5.88 Å². The zero-order valence-corrected chi connectivity index (χ0v) is 20.0. The third-order valence-corrected chi connectivity index (χ3v) is 5.70. The number of nitrogen functional groups attached to an aromatic ring is 1. The van der Waals surface area contributed by atoms with Gasteiger partial charge in [-0.05, 0) is 63.1 Å². The summed E-state index contributed by atoms with van der Waals surface area (Å²) in [5.74, 6) is 1.24. The van der Waals surface area contributed by atoms with Gasteiger partial charge in [-0.2, -0.15) is 4.98 Å². The van der Waals surface area contributed by atoms with Crippen LogP contribution in [-0.2, 0) is 11.2 Å². The number of aryl methyl sites for hydroxylation is 2. The molecule has 4 rings (SSSR count). The molecule has 3 aromatic rings. The van der Waals surface area contributed by atoms with E-state index >= 15 is 0 Å². The van der Waals surface area contributed by atoms with Gasteiger partial charge in [0.05, 0.1) is 12.2 Å². The predicted molar refractivity (Wildman–Crippen MR) is 134 cm³/mol. The fraction of sp³-hybridized carbons (Fsp3) is 0.346. The van der Waals surface area contributed by atoms with E-state index in [1.807, 2.05) is 25.1 Å². The average Bonchev–Trinajstić information content (AvgIpc) is 2.79. The molecule has 0 saturated carbocycles. The third-order valence-electron chi connectivity index (χ3n) is 5.70. The second-order valence-corrected chi connectivity index (χ2v) is 8.64. The van der Waals surface area contributed by atoms with Crippen molar-refractivity contribution in [3.05, 3.63) is 59.4 Å². The molecule has 1 fully saturated rings. The number of nitrogens with zero attached hydrogens (tertiary/aromatic N) is 3. The topological polar surface area (TPSA) is 103 Å². The van der Waals surface area contributed by atoms with Crippen LogP contribution < -0.4 is 20.7 Å². The van der Waals surface area contributed by atoms with Crippen LogP contribution in [-0.4, -0.2) is 41.6 Å². The molecule has 8 nitrogen and oxygen atoms in total. The van der Waals surface area contributed by atoms with Gasteiger partial charge in [0.25, 0.3) is 0 Å². The highest BCUT2D eigenvalue weighted by Crippen LogP contribution is 2.30. The Balaban J connectivity index is 1.61. The zero-order valence-electron chi connectivity index (χ0n) is 20.0.